The molecule has 0 spiro atoms. The molecule has 1 aromatic carbocycles. The molecule has 5 heteroatoms. The highest BCUT2D eigenvalue weighted by Crippen LogP contribution is 2.36. The average Bonchev–Trinajstić information content (AvgIpc) is 2.80. The van der Waals surface area contributed by atoms with E-state index in [2.05, 4.69) is 0 Å². The molecule has 0 saturated carbocycles. The minimum atomic E-state index is -0.511. The Bertz CT molecular complexity index is 742. The third kappa shape index (κ3) is 3.55. The van der Waals surface area contributed by atoms with Crippen LogP contribution in [0.15, 0.2) is 34.9 Å². The van der Waals surface area contributed by atoms with Crippen LogP contribution < -0.4 is 4.74 Å². The second-order valence-electron chi connectivity index (χ2n) is 6.99. The summed E-state index contributed by atoms with van der Waals surface area (Å²) in [4.78, 5) is 14.0. The molecule has 1 aliphatic heterocycles. The number of rotatable bonds is 1. The van der Waals surface area contributed by atoms with Crippen molar-refractivity contribution in [2.75, 3.05) is 13.2 Å². The van der Waals surface area contributed by atoms with Crippen molar-refractivity contribution in [1.29, 1.82) is 0 Å². The Morgan fingerprint density at radius 2 is 2.08 bits per heavy atom. The van der Waals surface area contributed by atoms with Gasteiger partial charge in [-0.2, -0.15) is 0 Å². The molecule has 0 atom stereocenters. The maximum absolute atomic E-state index is 12.4. The number of nitrogens with zero attached hydrogens (tertiary/aromatic N) is 1. The van der Waals surface area contributed by atoms with Gasteiger partial charge >= 0.3 is 6.09 Å². The number of aryl methyl sites for hydroxylation is 1. The summed E-state index contributed by atoms with van der Waals surface area (Å²) in [6.07, 6.45) is 1.41. The minimum absolute atomic E-state index is 0.316. The summed E-state index contributed by atoms with van der Waals surface area (Å²) in [5.74, 6) is 1.66. The van der Waals surface area contributed by atoms with E-state index in [1.54, 1.807) is 11.2 Å². The van der Waals surface area contributed by atoms with Crippen LogP contribution in [0.3, 0.4) is 0 Å². The Morgan fingerprint density at radius 3 is 2.75 bits per heavy atom. The monoisotopic (exact) mass is 329 g/mol. The number of benzene rings is 1. The van der Waals surface area contributed by atoms with Crippen molar-refractivity contribution in [1.82, 2.24) is 4.90 Å². The van der Waals surface area contributed by atoms with Gasteiger partial charge in [0.2, 0.25) is 0 Å². The summed E-state index contributed by atoms with van der Waals surface area (Å²) >= 11 is 0. The Kier molecular flexibility index (Phi) is 4.26. The van der Waals surface area contributed by atoms with Gasteiger partial charge in [-0.25, -0.2) is 4.79 Å². The predicted octanol–water partition coefficient (Wildman–Crippen LogP) is 4.38. The van der Waals surface area contributed by atoms with E-state index < -0.39 is 5.60 Å². The molecular weight excluding hydrogens is 306 g/mol. The first-order valence-electron chi connectivity index (χ1n) is 8.11. The first kappa shape index (κ1) is 16.4. The molecule has 2 heterocycles. The van der Waals surface area contributed by atoms with Gasteiger partial charge in [0.1, 0.15) is 23.7 Å². The zero-order valence-corrected chi connectivity index (χ0v) is 14.6. The molecule has 0 fully saturated rings. The fourth-order valence-electron chi connectivity index (χ4n) is 2.72. The van der Waals surface area contributed by atoms with Gasteiger partial charge in [-0.1, -0.05) is 18.2 Å². The molecule has 2 aromatic rings. The van der Waals surface area contributed by atoms with Crippen LogP contribution in [0.4, 0.5) is 4.79 Å². The van der Waals surface area contributed by atoms with E-state index in [9.17, 15) is 4.79 Å². The van der Waals surface area contributed by atoms with Gasteiger partial charge in [-0.15, -0.1) is 0 Å². The molecule has 1 aromatic heterocycles. The summed E-state index contributed by atoms with van der Waals surface area (Å²) in [5, 5.41) is 0. The lowest BCUT2D eigenvalue weighted by Gasteiger charge is -2.26. The zero-order valence-electron chi connectivity index (χ0n) is 14.6. The lowest BCUT2D eigenvalue weighted by atomic mass is 10.0. The summed E-state index contributed by atoms with van der Waals surface area (Å²) in [5.41, 5.74) is 2.42. The molecule has 5 nitrogen and oxygen atoms in total. The number of amides is 1. The summed E-state index contributed by atoms with van der Waals surface area (Å²) < 4.78 is 16.9. The van der Waals surface area contributed by atoms with Crippen LogP contribution in [0.5, 0.6) is 5.75 Å². The standard InChI is InChI=1S/C19H23NO4/c1-13-10-15(12-23-13)16-7-5-6-14-11-20(8-9-22-17(14)16)18(21)24-19(2,3)4/h5-7,10,12H,8-9,11H2,1-4H3. The molecule has 1 aliphatic rings. The summed E-state index contributed by atoms with van der Waals surface area (Å²) in [7, 11) is 0. The van der Waals surface area contributed by atoms with Crippen LogP contribution in [-0.2, 0) is 11.3 Å². The number of hydrogen-bond acceptors (Lipinski definition) is 4. The van der Waals surface area contributed by atoms with Gasteiger partial charge in [-0.3, -0.25) is 0 Å². The molecule has 128 valence electrons. The van der Waals surface area contributed by atoms with Crippen LogP contribution in [0.2, 0.25) is 0 Å². The Hall–Kier alpha value is -2.43. The van der Waals surface area contributed by atoms with Gasteiger partial charge < -0.3 is 18.8 Å². The third-order valence-corrected chi connectivity index (χ3v) is 3.76. The molecule has 0 aliphatic carbocycles. The Labute approximate surface area is 142 Å². The van der Waals surface area contributed by atoms with Crippen LogP contribution in [-0.4, -0.2) is 29.7 Å². The van der Waals surface area contributed by atoms with Gasteiger partial charge in [0.25, 0.3) is 0 Å². The first-order chi connectivity index (χ1) is 11.3. The fraction of sp³-hybridized carbons (Fsp3) is 0.421. The molecular formula is C19H23NO4. The van der Waals surface area contributed by atoms with Crippen LogP contribution >= 0.6 is 0 Å². The quantitative estimate of drug-likeness (QED) is 0.779. The van der Waals surface area contributed by atoms with Gasteiger partial charge in [0.15, 0.2) is 0 Å². The molecule has 0 saturated heterocycles. The number of para-hydroxylation sites is 1. The number of furan rings is 1. The molecule has 1 amide bonds. The predicted molar refractivity (Wildman–Crippen MR) is 91.0 cm³/mol. The van der Waals surface area contributed by atoms with E-state index in [0.717, 1.165) is 28.2 Å². The number of fused-ring (bicyclic) bond motifs is 1. The molecule has 0 unspecified atom stereocenters. The highest BCUT2D eigenvalue weighted by molar-refractivity contribution is 5.73. The van der Waals surface area contributed by atoms with E-state index >= 15 is 0 Å². The lowest BCUT2D eigenvalue weighted by molar-refractivity contribution is 0.0225. The van der Waals surface area contributed by atoms with Crippen molar-refractivity contribution in [3.63, 3.8) is 0 Å². The topological polar surface area (TPSA) is 51.9 Å². The van der Waals surface area contributed by atoms with Crippen molar-refractivity contribution in [2.45, 2.75) is 39.8 Å². The van der Waals surface area contributed by atoms with Gasteiger partial charge in [0, 0.05) is 16.7 Å². The maximum Gasteiger partial charge on any atom is 0.410 e. The van der Waals surface area contributed by atoms with Crippen LogP contribution in [0.25, 0.3) is 11.1 Å². The Balaban J connectivity index is 1.88. The van der Waals surface area contributed by atoms with Crippen molar-refractivity contribution >= 4 is 6.09 Å². The van der Waals surface area contributed by atoms with Crippen molar-refractivity contribution in [2.24, 2.45) is 0 Å². The van der Waals surface area contributed by atoms with E-state index in [1.807, 2.05) is 52.0 Å². The van der Waals surface area contributed by atoms with E-state index in [-0.39, 0.29) is 6.09 Å². The molecule has 24 heavy (non-hydrogen) atoms. The molecule has 0 radical (unpaired) electrons. The normalized spacial score (nSPS) is 14.6. The second-order valence-corrected chi connectivity index (χ2v) is 6.99. The fourth-order valence-corrected chi connectivity index (χ4v) is 2.72. The summed E-state index contributed by atoms with van der Waals surface area (Å²) in [6.45, 7) is 8.91. The molecule has 0 bridgehead atoms. The summed E-state index contributed by atoms with van der Waals surface area (Å²) in [6, 6.07) is 7.94. The highest BCUT2D eigenvalue weighted by atomic mass is 16.6. The van der Waals surface area contributed by atoms with Crippen LogP contribution in [0, 0.1) is 6.92 Å². The first-order valence-corrected chi connectivity index (χ1v) is 8.11. The second kappa shape index (κ2) is 6.23. The number of carbonyl (C=O) groups excluding carboxylic acids is 1. The van der Waals surface area contributed by atoms with Gasteiger partial charge in [-0.05, 0) is 33.8 Å². The number of ether oxygens (including phenoxy) is 2. The smallest absolute Gasteiger partial charge is 0.410 e. The van der Waals surface area contributed by atoms with Crippen LogP contribution in [0.1, 0.15) is 32.1 Å². The molecule has 0 N–H and O–H groups in total. The van der Waals surface area contributed by atoms with E-state index in [0.29, 0.717) is 19.7 Å². The maximum atomic E-state index is 12.4. The van der Waals surface area contributed by atoms with Crippen molar-refractivity contribution in [3.8, 4) is 16.9 Å². The van der Waals surface area contributed by atoms with E-state index in [1.165, 1.54) is 0 Å². The number of hydrogen-bond donors (Lipinski definition) is 0. The van der Waals surface area contributed by atoms with Crippen molar-refractivity contribution in [3.05, 3.63) is 41.9 Å². The minimum Gasteiger partial charge on any atom is -0.491 e. The van der Waals surface area contributed by atoms with Gasteiger partial charge in [0.05, 0.1) is 19.4 Å². The molecule has 3 rings (SSSR count). The number of carbonyl (C=O) groups is 1. The third-order valence-electron chi connectivity index (χ3n) is 3.76. The van der Waals surface area contributed by atoms with Crippen molar-refractivity contribution < 1.29 is 18.7 Å². The lowest BCUT2D eigenvalue weighted by Crippen LogP contribution is -2.37. The zero-order chi connectivity index (χ0) is 17.3. The largest absolute Gasteiger partial charge is 0.491 e. The Morgan fingerprint density at radius 1 is 1.29 bits per heavy atom. The highest BCUT2D eigenvalue weighted by Gasteiger charge is 2.26. The average molecular weight is 329 g/mol. The van der Waals surface area contributed by atoms with E-state index in [4.69, 9.17) is 13.9 Å². The SMILES string of the molecule is Cc1cc(-c2cccc3c2OCCN(C(=O)OC(C)(C)C)C3)co1.